The molecule has 0 aromatic heterocycles. The van der Waals surface area contributed by atoms with Crippen molar-refractivity contribution in [3.8, 4) is 6.07 Å². The number of nitrogens with zero attached hydrogens (tertiary/aromatic N) is 1. The van der Waals surface area contributed by atoms with Gasteiger partial charge in [-0.15, -0.1) is 0 Å². The van der Waals surface area contributed by atoms with Gasteiger partial charge in [-0.2, -0.15) is 5.26 Å². The SMILES string of the molecule is N#C[C@H](C[C@@H]1CCNC1=O)NC(=O)[C@@H]1CCCNC1. The molecule has 2 heterocycles. The van der Waals surface area contributed by atoms with E-state index in [0.717, 1.165) is 25.8 Å². The molecule has 0 aromatic rings. The van der Waals surface area contributed by atoms with Crippen LogP contribution in [0.25, 0.3) is 0 Å². The van der Waals surface area contributed by atoms with Crippen molar-refractivity contribution in [2.24, 2.45) is 11.8 Å². The number of nitriles is 1. The summed E-state index contributed by atoms with van der Waals surface area (Å²) in [4.78, 5) is 23.5. The fraction of sp³-hybridized carbons (Fsp3) is 0.769. The maximum absolute atomic E-state index is 12.0. The number of hydrogen-bond acceptors (Lipinski definition) is 4. The fourth-order valence-corrected chi connectivity index (χ4v) is 2.66. The van der Waals surface area contributed by atoms with Crippen LogP contribution in [0.5, 0.6) is 0 Å². The highest BCUT2D eigenvalue weighted by Gasteiger charge is 2.29. The number of rotatable bonds is 4. The molecule has 2 fully saturated rings. The molecule has 2 saturated heterocycles. The van der Waals surface area contributed by atoms with Crippen LogP contribution < -0.4 is 16.0 Å². The van der Waals surface area contributed by atoms with Crippen LogP contribution in [0.1, 0.15) is 25.7 Å². The van der Waals surface area contributed by atoms with Crippen molar-refractivity contribution < 1.29 is 9.59 Å². The number of amides is 2. The Hall–Kier alpha value is -1.61. The molecule has 6 nitrogen and oxygen atoms in total. The summed E-state index contributed by atoms with van der Waals surface area (Å²) in [5, 5.41) is 17.8. The molecular formula is C13H20N4O2. The predicted octanol–water partition coefficient (Wildman–Crippen LogP) is -0.479. The van der Waals surface area contributed by atoms with Gasteiger partial charge in [0.25, 0.3) is 0 Å². The summed E-state index contributed by atoms with van der Waals surface area (Å²) >= 11 is 0. The van der Waals surface area contributed by atoms with Gasteiger partial charge in [-0.25, -0.2) is 0 Å². The Bertz CT molecular complexity index is 385. The highest BCUT2D eigenvalue weighted by atomic mass is 16.2. The lowest BCUT2D eigenvalue weighted by atomic mass is 9.96. The highest BCUT2D eigenvalue weighted by molar-refractivity contribution is 5.81. The first-order valence-electron chi connectivity index (χ1n) is 6.89. The van der Waals surface area contributed by atoms with Gasteiger partial charge in [0.15, 0.2) is 0 Å². The van der Waals surface area contributed by atoms with Crippen molar-refractivity contribution >= 4 is 11.8 Å². The average Bonchev–Trinajstić information content (AvgIpc) is 2.84. The Kier molecular flexibility index (Phi) is 4.74. The van der Waals surface area contributed by atoms with Gasteiger partial charge in [-0.3, -0.25) is 9.59 Å². The summed E-state index contributed by atoms with van der Waals surface area (Å²) in [6.07, 6.45) is 3.01. The van der Waals surface area contributed by atoms with Gasteiger partial charge in [0, 0.05) is 19.0 Å². The molecule has 0 spiro atoms. The summed E-state index contributed by atoms with van der Waals surface area (Å²) in [5.41, 5.74) is 0. The van der Waals surface area contributed by atoms with E-state index in [4.69, 9.17) is 5.26 Å². The Balaban J connectivity index is 1.82. The number of piperidine rings is 1. The summed E-state index contributed by atoms with van der Waals surface area (Å²) in [6, 6.07) is 1.52. The van der Waals surface area contributed by atoms with Gasteiger partial charge in [0.1, 0.15) is 6.04 Å². The normalized spacial score (nSPS) is 28.3. The lowest BCUT2D eigenvalue weighted by molar-refractivity contribution is -0.127. The lowest BCUT2D eigenvalue weighted by Crippen LogP contribution is -2.44. The summed E-state index contributed by atoms with van der Waals surface area (Å²) in [5.74, 6) is -0.276. The van der Waals surface area contributed by atoms with Crippen LogP contribution in [0.4, 0.5) is 0 Å². The minimum atomic E-state index is -0.566. The molecule has 0 bridgehead atoms. The van der Waals surface area contributed by atoms with Gasteiger partial charge in [0.05, 0.1) is 12.0 Å². The smallest absolute Gasteiger partial charge is 0.225 e. The summed E-state index contributed by atoms with van der Waals surface area (Å²) in [7, 11) is 0. The second-order valence-electron chi connectivity index (χ2n) is 5.25. The molecular weight excluding hydrogens is 244 g/mol. The van der Waals surface area contributed by atoms with E-state index in [9.17, 15) is 9.59 Å². The maximum Gasteiger partial charge on any atom is 0.225 e. The van der Waals surface area contributed by atoms with Crippen LogP contribution in [-0.2, 0) is 9.59 Å². The van der Waals surface area contributed by atoms with Crippen molar-refractivity contribution in [1.82, 2.24) is 16.0 Å². The predicted molar refractivity (Wildman–Crippen MR) is 68.9 cm³/mol. The van der Waals surface area contributed by atoms with Crippen molar-refractivity contribution in [3.63, 3.8) is 0 Å². The minimum Gasteiger partial charge on any atom is -0.356 e. The Morgan fingerprint density at radius 3 is 2.89 bits per heavy atom. The third-order valence-electron chi connectivity index (χ3n) is 3.82. The fourth-order valence-electron chi connectivity index (χ4n) is 2.66. The second-order valence-corrected chi connectivity index (χ2v) is 5.25. The van der Waals surface area contributed by atoms with Crippen molar-refractivity contribution in [2.75, 3.05) is 19.6 Å². The van der Waals surface area contributed by atoms with E-state index >= 15 is 0 Å². The zero-order chi connectivity index (χ0) is 13.7. The van der Waals surface area contributed by atoms with E-state index in [1.54, 1.807) is 0 Å². The van der Waals surface area contributed by atoms with Gasteiger partial charge in [-0.05, 0) is 32.2 Å². The highest BCUT2D eigenvalue weighted by Crippen LogP contribution is 2.17. The van der Waals surface area contributed by atoms with E-state index in [0.29, 0.717) is 19.5 Å². The van der Waals surface area contributed by atoms with Crippen molar-refractivity contribution in [2.45, 2.75) is 31.7 Å². The molecule has 2 amide bonds. The molecule has 104 valence electrons. The number of carbonyl (C=O) groups excluding carboxylic acids is 2. The lowest BCUT2D eigenvalue weighted by Gasteiger charge is -2.23. The molecule has 19 heavy (non-hydrogen) atoms. The number of hydrogen-bond donors (Lipinski definition) is 3. The molecule has 0 aliphatic carbocycles. The Labute approximate surface area is 112 Å². The van der Waals surface area contributed by atoms with Crippen LogP contribution in [0.2, 0.25) is 0 Å². The first kappa shape index (κ1) is 13.8. The largest absolute Gasteiger partial charge is 0.356 e. The Morgan fingerprint density at radius 1 is 1.47 bits per heavy atom. The van der Waals surface area contributed by atoms with Crippen LogP contribution in [0, 0.1) is 23.2 Å². The molecule has 2 aliphatic rings. The van der Waals surface area contributed by atoms with Gasteiger partial charge in [0.2, 0.25) is 11.8 Å². The molecule has 3 atom stereocenters. The van der Waals surface area contributed by atoms with Crippen LogP contribution in [-0.4, -0.2) is 37.5 Å². The van der Waals surface area contributed by atoms with E-state index in [2.05, 4.69) is 22.0 Å². The minimum absolute atomic E-state index is 0.00571. The molecule has 0 radical (unpaired) electrons. The average molecular weight is 264 g/mol. The molecule has 0 saturated carbocycles. The van der Waals surface area contributed by atoms with E-state index in [1.807, 2.05) is 0 Å². The first-order chi connectivity index (χ1) is 9.20. The molecule has 3 N–H and O–H groups in total. The van der Waals surface area contributed by atoms with Gasteiger partial charge >= 0.3 is 0 Å². The molecule has 2 rings (SSSR count). The zero-order valence-electron chi connectivity index (χ0n) is 10.9. The first-order valence-corrected chi connectivity index (χ1v) is 6.89. The molecule has 0 aromatic carbocycles. The van der Waals surface area contributed by atoms with E-state index in [-0.39, 0.29) is 23.7 Å². The summed E-state index contributed by atoms with van der Waals surface area (Å²) in [6.45, 7) is 2.30. The quantitative estimate of drug-likeness (QED) is 0.639. The number of carbonyl (C=O) groups is 2. The maximum atomic E-state index is 12.0. The van der Waals surface area contributed by atoms with Gasteiger partial charge in [-0.1, -0.05) is 0 Å². The third kappa shape index (κ3) is 3.67. The van der Waals surface area contributed by atoms with E-state index in [1.165, 1.54) is 0 Å². The molecule has 2 aliphatic heterocycles. The van der Waals surface area contributed by atoms with Gasteiger partial charge < -0.3 is 16.0 Å². The van der Waals surface area contributed by atoms with Crippen molar-refractivity contribution in [3.05, 3.63) is 0 Å². The monoisotopic (exact) mass is 264 g/mol. The standard InChI is InChI=1S/C13H20N4O2/c14-7-11(6-9-3-5-16-12(9)18)17-13(19)10-2-1-4-15-8-10/h9-11,15H,1-6,8H2,(H,16,18)(H,17,19)/t9-,10+,11-/m0/s1. The summed E-state index contributed by atoms with van der Waals surface area (Å²) < 4.78 is 0. The van der Waals surface area contributed by atoms with Crippen LogP contribution >= 0.6 is 0 Å². The van der Waals surface area contributed by atoms with Crippen LogP contribution in [0.15, 0.2) is 0 Å². The third-order valence-corrected chi connectivity index (χ3v) is 3.82. The Morgan fingerprint density at radius 2 is 2.32 bits per heavy atom. The molecule has 6 heteroatoms. The zero-order valence-corrected chi connectivity index (χ0v) is 10.9. The van der Waals surface area contributed by atoms with Crippen LogP contribution in [0.3, 0.4) is 0 Å². The topological polar surface area (TPSA) is 94.0 Å². The van der Waals surface area contributed by atoms with E-state index < -0.39 is 6.04 Å². The second kappa shape index (κ2) is 6.53. The number of nitrogens with one attached hydrogen (secondary N) is 3. The molecule has 0 unspecified atom stereocenters. The van der Waals surface area contributed by atoms with Crippen molar-refractivity contribution in [1.29, 1.82) is 5.26 Å².